The van der Waals surface area contributed by atoms with Crippen LogP contribution in [0.15, 0.2) is 24.3 Å². The fourth-order valence-corrected chi connectivity index (χ4v) is 1.19. The molecule has 0 unspecified atom stereocenters. The molecule has 6 heteroatoms. The van der Waals surface area contributed by atoms with Gasteiger partial charge in [-0.25, -0.2) is 4.79 Å². The van der Waals surface area contributed by atoms with Gasteiger partial charge in [0.05, 0.1) is 0 Å². The van der Waals surface area contributed by atoms with Gasteiger partial charge in [0.1, 0.15) is 6.73 Å². The second kappa shape index (κ2) is 6.49. The molecule has 0 aliphatic rings. The molecule has 0 atom stereocenters. The largest absolute Gasteiger partial charge is 0.364 e. The highest BCUT2D eigenvalue weighted by Gasteiger charge is 2.02. The molecule has 0 aliphatic carbocycles. The number of amides is 3. The minimum Gasteiger partial charge on any atom is -0.364 e. The zero-order chi connectivity index (χ0) is 12.7. The fourth-order valence-electron chi connectivity index (χ4n) is 1.19. The van der Waals surface area contributed by atoms with Gasteiger partial charge < -0.3 is 20.7 Å². The average Bonchev–Trinajstić information content (AvgIpc) is 2.26. The van der Waals surface area contributed by atoms with Crippen molar-refractivity contribution in [2.24, 2.45) is 0 Å². The molecule has 92 valence electrons. The SMILES string of the molecule is COCNC(=O)Nc1cccc(NC(C)=O)c1. The normalized spacial score (nSPS) is 9.53. The number of anilines is 2. The van der Waals surface area contributed by atoms with Gasteiger partial charge in [-0.1, -0.05) is 6.07 Å². The Morgan fingerprint density at radius 1 is 1.24 bits per heavy atom. The molecule has 0 saturated carbocycles. The first kappa shape index (κ1) is 13.0. The van der Waals surface area contributed by atoms with Crippen LogP contribution in [-0.2, 0) is 9.53 Å². The van der Waals surface area contributed by atoms with Gasteiger partial charge in [-0.05, 0) is 18.2 Å². The van der Waals surface area contributed by atoms with Crippen molar-refractivity contribution in [2.75, 3.05) is 24.5 Å². The summed E-state index contributed by atoms with van der Waals surface area (Å²) in [4.78, 5) is 22.2. The van der Waals surface area contributed by atoms with Gasteiger partial charge in [-0.3, -0.25) is 4.79 Å². The summed E-state index contributed by atoms with van der Waals surface area (Å²) >= 11 is 0. The first-order chi connectivity index (χ1) is 8.11. The zero-order valence-electron chi connectivity index (χ0n) is 9.74. The number of ether oxygens (including phenoxy) is 1. The van der Waals surface area contributed by atoms with E-state index in [0.717, 1.165) is 0 Å². The maximum absolute atomic E-state index is 11.3. The van der Waals surface area contributed by atoms with Crippen molar-refractivity contribution in [3.05, 3.63) is 24.3 Å². The molecular formula is C11H15N3O3. The molecule has 0 spiro atoms. The molecule has 3 N–H and O–H groups in total. The summed E-state index contributed by atoms with van der Waals surface area (Å²) in [5, 5.41) is 7.72. The predicted octanol–water partition coefficient (Wildman–Crippen LogP) is 1.37. The number of methoxy groups -OCH3 is 1. The lowest BCUT2D eigenvalue weighted by Crippen LogP contribution is -2.30. The van der Waals surface area contributed by atoms with Crippen molar-refractivity contribution in [1.82, 2.24) is 5.32 Å². The number of hydrogen-bond donors (Lipinski definition) is 3. The Bertz CT molecular complexity index is 407. The van der Waals surface area contributed by atoms with Gasteiger partial charge in [-0.2, -0.15) is 0 Å². The first-order valence-electron chi connectivity index (χ1n) is 5.03. The minimum atomic E-state index is -0.369. The maximum Gasteiger partial charge on any atom is 0.321 e. The van der Waals surface area contributed by atoms with E-state index in [0.29, 0.717) is 11.4 Å². The van der Waals surface area contributed by atoms with Crippen LogP contribution in [-0.4, -0.2) is 25.8 Å². The van der Waals surface area contributed by atoms with E-state index in [2.05, 4.69) is 16.0 Å². The van der Waals surface area contributed by atoms with Crippen LogP contribution in [0, 0.1) is 0 Å². The average molecular weight is 237 g/mol. The lowest BCUT2D eigenvalue weighted by atomic mass is 10.3. The quantitative estimate of drug-likeness (QED) is 0.692. The van der Waals surface area contributed by atoms with Crippen LogP contribution in [0.1, 0.15) is 6.92 Å². The summed E-state index contributed by atoms with van der Waals surface area (Å²) in [5.74, 6) is -0.161. The number of nitrogens with one attached hydrogen (secondary N) is 3. The van der Waals surface area contributed by atoms with Crippen molar-refractivity contribution in [1.29, 1.82) is 0 Å². The topological polar surface area (TPSA) is 79.5 Å². The molecule has 0 saturated heterocycles. The Kier molecular flexibility index (Phi) is 4.96. The van der Waals surface area contributed by atoms with Gasteiger partial charge in [0.2, 0.25) is 5.91 Å². The fraction of sp³-hybridized carbons (Fsp3) is 0.273. The van der Waals surface area contributed by atoms with Crippen LogP contribution in [0.3, 0.4) is 0 Å². The Hall–Kier alpha value is -2.08. The lowest BCUT2D eigenvalue weighted by molar-refractivity contribution is -0.114. The number of hydrogen-bond acceptors (Lipinski definition) is 3. The van der Waals surface area contributed by atoms with E-state index in [9.17, 15) is 9.59 Å². The Labute approximate surface area is 99.3 Å². The van der Waals surface area contributed by atoms with Crippen molar-refractivity contribution in [3.8, 4) is 0 Å². The minimum absolute atomic E-state index is 0.136. The van der Waals surface area contributed by atoms with Crippen LogP contribution in [0.4, 0.5) is 16.2 Å². The summed E-state index contributed by atoms with van der Waals surface area (Å²) in [7, 11) is 1.48. The molecular weight excluding hydrogens is 222 g/mol. The summed E-state index contributed by atoms with van der Waals surface area (Å²) in [6, 6.07) is 6.48. The van der Waals surface area contributed by atoms with E-state index in [-0.39, 0.29) is 18.7 Å². The number of urea groups is 1. The summed E-state index contributed by atoms with van der Waals surface area (Å²) < 4.78 is 4.70. The molecule has 0 aromatic heterocycles. The molecule has 6 nitrogen and oxygen atoms in total. The third-order valence-electron chi connectivity index (χ3n) is 1.82. The lowest BCUT2D eigenvalue weighted by Gasteiger charge is -2.08. The third-order valence-corrected chi connectivity index (χ3v) is 1.82. The Balaban J connectivity index is 2.59. The predicted molar refractivity (Wildman–Crippen MR) is 64.8 cm³/mol. The number of rotatable bonds is 4. The second-order valence-electron chi connectivity index (χ2n) is 3.33. The molecule has 0 radical (unpaired) electrons. The van der Waals surface area contributed by atoms with Crippen LogP contribution in [0.2, 0.25) is 0 Å². The number of carbonyl (C=O) groups excluding carboxylic acids is 2. The van der Waals surface area contributed by atoms with E-state index < -0.39 is 0 Å². The molecule has 1 aromatic carbocycles. The zero-order valence-corrected chi connectivity index (χ0v) is 9.74. The monoisotopic (exact) mass is 237 g/mol. The van der Waals surface area contributed by atoms with Crippen LogP contribution < -0.4 is 16.0 Å². The molecule has 0 fully saturated rings. The first-order valence-corrected chi connectivity index (χ1v) is 5.03. The van der Waals surface area contributed by atoms with Gasteiger partial charge >= 0.3 is 6.03 Å². The van der Waals surface area contributed by atoms with E-state index in [1.54, 1.807) is 24.3 Å². The summed E-state index contributed by atoms with van der Waals surface area (Å²) in [6.07, 6.45) is 0. The van der Waals surface area contributed by atoms with Crippen LogP contribution in [0.5, 0.6) is 0 Å². The standard InChI is InChI=1S/C11H15N3O3/c1-8(15)13-9-4-3-5-10(6-9)14-11(16)12-7-17-2/h3-6H,7H2,1-2H3,(H,13,15)(H2,12,14,16). The number of benzene rings is 1. The maximum atomic E-state index is 11.3. The van der Waals surface area contributed by atoms with Gasteiger partial charge in [0.25, 0.3) is 0 Å². The van der Waals surface area contributed by atoms with E-state index in [1.165, 1.54) is 14.0 Å². The van der Waals surface area contributed by atoms with E-state index >= 15 is 0 Å². The highest BCUT2D eigenvalue weighted by atomic mass is 16.5. The molecule has 3 amide bonds. The Morgan fingerprint density at radius 3 is 2.47 bits per heavy atom. The third kappa shape index (κ3) is 4.98. The van der Waals surface area contributed by atoms with Crippen molar-refractivity contribution in [2.45, 2.75) is 6.92 Å². The summed E-state index contributed by atoms with van der Waals surface area (Å²) in [5.41, 5.74) is 1.21. The molecule has 0 bridgehead atoms. The highest BCUT2D eigenvalue weighted by Crippen LogP contribution is 2.14. The van der Waals surface area contributed by atoms with E-state index in [1.807, 2.05) is 0 Å². The smallest absolute Gasteiger partial charge is 0.321 e. The van der Waals surface area contributed by atoms with Crippen molar-refractivity contribution >= 4 is 23.3 Å². The van der Waals surface area contributed by atoms with Gasteiger partial charge in [-0.15, -0.1) is 0 Å². The molecule has 0 aliphatic heterocycles. The molecule has 1 rings (SSSR count). The van der Waals surface area contributed by atoms with E-state index in [4.69, 9.17) is 4.74 Å². The van der Waals surface area contributed by atoms with Gasteiger partial charge in [0.15, 0.2) is 0 Å². The summed E-state index contributed by atoms with van der Waals surface area (Å²) in [6.45, 7) is 1.56. The van der Waals surface area contributed by atoms with Crippen LogP contribution in [0.25, 0.3) is 0 Å². The molecule has 17 heavy (non-hydrogen) atoms. The van der Waals surface area contributed by atoms with Crippen LogP contribution >= 0.6 is 0 Å². The number of carbonyl (C=O) groups is 2. The molecule has 1 aromatic rings. The van der Waals surface area contributed by atoms with Gasteiger partial charge in [0, 0.05) is 25.4 Å². The van der Waals surface area contributed by atoms with Crippen molar-refractivity contribution < 1.29 is 14.3 Å². The second-order valence-corrected chi connectivity index (χ2v) is 3.33. The van der Waals surface area contributed by atoms with Crippen molar-refractivity contribution in [3.63, 3.8) is 0 Å². The molecule has 0 heterocycles. The highest BCUT2D eigenvalue weighted by molar-refractivity contribution is 5.92. The Morgan fingerprint density at radius 2 is 1.88 bits per heavy atom.